The van der Waals surface area contributed by atoms with E-state index >= 15 is 0 Å². The number of hydrogen-bond donors (Lipinski definition) is 1. The van der Waals surface area contributed by atoms with Crippen LogP contribution < -0.4 is 5.32 Å². The van der Waals surface area contributed by atoms with Crippen molar-refractivity contribution in [1.29, 1.82) is 0 Å². The average Bonchev–Trinajstić information content (AvgIpc) is 3.12. The molecule has 1 aliphatic carbocycles. The molecule has 0 radical (unpaired) electrons. The summed E-state index contributed by atoms with van der Waals surface area (Å²) in [7, 11) is 0. The molecule has 0 fully saturated rings. The van der Waals surface area contributed by atoms with Crippen molar-refractivity contribution >= 4 is 11.8 Å². The molecule has 1 N–H and O–H groups in total. The van der Waals surface area contributed by atoms with Crippen LogP contribution in [0, 0.1) is 5.82 Å². The van der Waals surface area contributed by atoms with Crippen LogP contribution in [0.1, 0.15) is 61.3 Å². The molecule has 1 aromatic carbocycles. The van der Waals surface area contributed by atoms with Crippen molar-refractivity contribution in [1.82, 2.24) is 20.0 Å². The molecule has 3 rings (SSSR count). The van der Waals surface area contributed by atoms with E-state index in [9.17, 15) is 14.0 Å². The van der Waals surface area contributed by atoms with Crippen molar-refractivity contribution in [3.05, 3.63) is 47.0 Å². The molecule has 7 heteroatoms. The molecule has 0 saturated carbocycles. The number of halogens is 1. The van der Waals surface area contributed by atoms with Crippen molar-refractivity contribution in [3.8, 4) is 5.69 Å². The first-order valence-corrected chi connectivity index (χ1v) is 10.5. The van der Waals surface area contributed by atoms with Gasteiger partial charge in [-0.2, -0.15) is 5.10 Å². The van der Waals surface area contributed by atoms with E-state index < -0.39 is 0 Å². The number of hydrogen-bond acceptors (Lipinski definition) is 3. The summed E-state index contributed by atoms with van der Waals surface area (Å²) < 4.78 is 15.0. The first-order chi connectivity index (χ1) is 14.0. The van der Waals surface area contributed by atoms with Crippen molar-refractivity contribution in [2.75, 3.05) is 19.6 Å². The molecule has 2 amide bonds. The topological polar surface area (TPSA) is 67.2 Å². The molecule has 0 bridgehead atoms. The number of nitrogens with zero attached hydrogens (tertiary/aromatic N) is 3. The van der Waals surface area contributed by atoms with Crippen molar-refractivity contribution in [2.24, 2.45) is 0 Å². The molecule has 6 nitrogen and oxygen atoms in total. The monoisotopic (exact) mass is 400 g/mol. The molecule has 1 aliphatic rings. The third-order valence-corrected chi connectivity index (χ3v) is 5.44. The Morgan fingerprint density at radius 3 is 2.52 bits per heavy atom. The van der Waals surface area contributed by atoms with Crippen LogP contribution in [0.4, 0.5) is 4.39 Å². The number of carbonyl (C=O) groups excluding carboxylic acids is 2. The third kappa shape index (κ3) is 4.83. The summed E-state index contributed by atoms with van der Waals surface area (Å²) in [6.07, 6.45) is 4.77. The number of carbonyl (C=O) groups is 2. The van der Waals surface area contributed by atoms with Gasteiger partial charge in [-0.3, -0.25) is 9.59 Å². The second-order valence-corrected chi connectivity index (χ2v) is 7.29. The molecule has 1 aromatic heterocycles. The van der Waals surface area contributed by atoms with Crippen LogP contribution in [0.25, 0.3) is 5.69 Å². The van der Waals surface area contributed by atoms with E-state index in [1.165, 1.54) is 12.1 Å². The van der Waals surface area contributed by atoms with Gasteiger partial charge in [0.15, 0.2) is 5.69 Å². The SMILES string of the molecule is CCN(CC)C(=O)CCCNC(=O)c1nn(-c2ccc(F)cc2)c2c1CCCC2. The summed E-state index contributed by atoms with van der Waals surface area (Å²) in [5.41, 5.74) is 3.22. The first-order valence-electron chi connectivity index (χ1n) is 10.5. The highest BCUT2D eigenvalue weighted by atomic mass is 19.1. The summed E-state index contributed by atoms with van der Waals surface area (Å²) >= 11 is 0. The zero-order valence-electron chi connectivity index (χ0n) is 17.2. The van der Waals surface area contributed by atoms with E-state index in [-0.39, 0.29) is 17.6 Å². The Hall–Kier alpha value is -2.70. The molecular formula is C22H29FN4O2. The van der Waals surface area contributed by atoms with Crippen LogP contribution >= 0.6 is 0 Å². The normalized spacial score (nSPS) is 13.1. The van der Waals surface area contributed by atoms with E-state index in [1.54, 1.807) is 21.7 Å². The number of benzene rings is 1. The first kappa shape index (κ1) is 21.0. The van der Waals surface area contributed by atoms with Crippen LogP contribution in [0.5, 0.6) is 0 Å². The van der Waals surface area contributed by atoms with E-state index in [4.69, 9.17) is 0 Å². The minimum absolute atomic E-state index is 0.113. The van der Waals surface area contributed by atoms with Gasteiger partial charge in [0.05, 0.1) is 5.69 Å². The molecule has 2 aromatic rings. The Balaban J connectivity index is 1.68. The molecule has 0 atom stereocenters. The highest BCUT2D eigenvalue weighted by molar-refractivity contribution is 5.94. The fourth-order valence-corrected chi connectivity index (χ4v) is 3.84. The highest BCUT2D eigenvalue weighted by Gasteiger charge is 2.25. The van der Waals surface area contributed by atoms with Gasteiger partial charge in [0, 0.05) is 37.3 Å². The molecule has 0 unspecified atom stereocenters. The maximum Gasteiger partial charge on any atom is 0.272 e. The molecule has 0 spiro atoms. The van der Waals surface area contributed by atoms with Crippen LogP contribution in [0.15, 0.2) is 24.3 Å². The fourth-order valence-electron chi connectivity index (χ4n) is 3.84. The fraction of sp³-hybridized carbons (Fsp3) is 0.500. The molecule has 0 aliphatic heterocycles. The van der Waals surface area contributed by atoms with Gasteiger partial charge in [0.25, 0.3) is 5.91 Å². The van der Waals surface area contributed by atoms with Crippen molar-refractivity contribution in [3.63, 3.8) is 0 Å². The number of nitrogens with one attached hydrogen (secondary N) is 1. The van der Waals surface area contributed by atoms with Crippen LogP contribution in [0.2, 0.25) is 0 Å². The lowest BCUT2D eigenvalue weighted by Gasteiger charge is -2.18. The van der Waals surface area contributed by atoms with Gasteiger partial charge in [-0.05, 0) is 70.2 Å². The van der Waals surface area contributed by atoms with Crippen molar-refractivity contribution < 1.29 is 14.0 Å². The second-order valence-electron chi connectivity index (χ2n) is 7.29. The summed E-state index contributed by atoms with van der Waals surface area (Å²) in [5.74, 6) is -0.395. The summed E-state index contributed by atoms with van der Waals surface area (Å²) in [4.78, 5) is 26.6. The molecule has 0 saturated heterocycles. The van der Waals surface area contributed by atoms with Gasteiger partial charge in [0.1, 0.15) is 5.82 Å². The Kier molecular flexibility index (Phi) is 7.01. The maximum atomic E-state index is 13.3. The average molecular weight is 400 g/mol. The van der Waals surface area contributed by atoms with Crippen molar-refractivity contribution in [2.45, 2.75) is 52.4 Å². The van der Waals surface area contributed by atoms with Crippen LogP contribution in [0.3, 0.4) is 0 Å². The smallest absolute Gasteiger partial charge is 0.272 e. The summed E-state index contributed by atoms with van der Waals surface area (Å²) in [6, 6.07) is 6.16. The van der Waals surface area contributed by atoms with Gasteiger partial charge in [-0.15, -0.1) is 0 Å². The Labute approximate surface area is 171 Å². The zero-order valence-corrected chi connectivity index (χ0v) is 17.2. The number of aromatic nitrogens is 2. The van der Waals surface area contributed by atoms with E-state index in [0.717, 1.165) is 42.6 Å². The second kappa shape index (κ2) is 9.67. The Bertz CT molecular complexity index is 856. The highest BCUT2D eigenvalue weighted by Crippen LogP contribution is 2.27. The Morgan fingerprint density at radius 1 is 1.14 bits per heavy atom. The quantitative estimate of drug-likeness (QED) is 0.692. The van der Waals surface area contributed by atoms with Gasteiger partial charge in [0.2, 0.25) is 5.91 Å². The molecular weight excluding hydrogens is 371 g/mol. The number of fused-ring (bicyclic) bond motifs is 1. The lowest BCUT2D eigenvalue weighted by atomic mass is 9.95. The van der Waals surface area contributed by atoms with Gasteiger partial charge in [-0.1, -0.05) is 0 Å². The summed E-state index contributed by atoms with van der Waals surface area (Å²) in [5, 5.41) is 7.48. The largest absolute Gasteiger partial charge is 0.351 e. The lowest BCUT2D eigenvalue weighted by molar-refractivity contribution is -0.130. The minimum Gasteiger partial charge on any atom is -0.351 e. The number of amides is 2. The van der Waals surface area contributed by atoms with Gasteiger partial charge >= 0.3 is 0 Å². The van der Waals surface area contributed by atoms with Crippen LogP contribution in [-0.4, -0.2) is 46.1 Å². The van der Waals surface area contributed by atoms with E-state index in [1.807, 2.05) is 13.8 Å². The lowest BCUT2D eigenvalue weighted by Crippen LogP contribution is -2.32. The Morgan fingerprint density at radius 2 is 1.83 bits per heavy atom. The van der Waals surface area contributed by atoms with E-state index in [0.29, 0.717) is 38.2 Å². The molecule has 156 valence electrons. The van der Waals surface area contributed by atoms with Gasteiger partial charge < -0.3 is 10.2 Å². The predicted octanol–water partition coefficient (Wildman–Crippen LogP) is 3.27. The maximum absolute atomic E-state index is 13.3. The number of rotatable bonds is 8. The standard InChI is InChI=1S/C22H29FN4O2/c1-3-26(4-2)20(28)10-7-15-24-22(29)21-18-8-5-6-9-19(18)27(25-21)17-13-11-16(23)12-14-17/h11-14H,3-10,15H2,1-2H3,(H,24,29). The molecule has 1 heterocycles. The minimum atomic E-state index is -0.299. The third-order valence-electron chi connectivity index (χ3n) is 5.44. The van der Waals surface area contributed by atoms with E-state index in [2.05, 4.69) is 10.4 Å². The zero-order chi connectivity index (χ0) is 20.8. The predicted molar refractivity (Wildman–Crippen MR) is 110 cm³/mol. The molecule has 29 heavy (non-hydrogen) atoms. The summed E-state index contributed by atoms with van der Waals surface area (Å²) in [6.45, 7) is 5.76. The van der Waals surface area contributed by atoms with Crippen LogP contribution in [-0.2, 0) is 17.6 Å². The van der Waals surface area contributed by atoms with Gasteiger partial charge in [-0.25, -0.2) is 9.07 Å².